The highest BCUT2D eigenvalue weighted by atomic mass is 35.5. The number of anilines is 3. The normalized spacial score (nSPS) is 19.8. The Morgan fingerprint density at radius 3 is 2.58 bits per heavy atom. The second kappa shape index (κ2) is 11.4. The molecule has 3 fully saturated rings. The number of H-pyrrole nitrogens is 1. The average molecular weight is 622 g/mol. The minimum Gasteiger partial charge on any atom is -0.370 e. The molecule has 43 heavy (non-hydrogen) atoms. The number of hydrogen-bond acceptors (Lipinski definition) is 6. The molecule has 0 bridgehead atoms. The molecule has 3 aliphatic rings. The molecule has 10 nitrogen and oxygen atoms in total. The number of piperidine rings is 1. The van der Waals surface area contributed by atoms with E-state index in [2.05, 4.69) is 37.1 Å². The first-order valence-electron chi connectivity index (χ1n) is 14.9. The molecule has 2 amide bonds. The van der Waals surface area contributed by atoms with Gasteiger partial charge in [-0.2, -0.15) is 5.10 Å². The van der Waals surface area contributed by atoms with Crippen molar-refractivity contribution in [1.82, 2.24) is 30.4 Å². The van der Waals surface area contributed by atoms with E-state index in [1.807, 2.05) is 17.7 Å². The van der Waals surface area contributed by atoms with E-state index in [0.717, 1.165) is 61.8 Å². The Kier molecular flexibility index (Phi) is 7.43. The number of amides is 2. The molecule has 2 atom stereocenters. The number of nitrogens with one attached hydrogen (secondary N) is 4. The zero-order chi connectivity index (χ0) is 29.7. The van der Waals surface area contributed by atoms with Crippen molar-refractivity contribution in [3.8, 4) is 0 Å². The average Bonchev–Trinajstić information content (AvgIpc) is 3.36. The van der Waals surface area contributed by atoms with Gasteiger partial charge in [0.2, 0.25) is 5.95 Å². The van der Waals surface area contributed by atoms with Crippen LogP contribution in [0.2, 0.25) is 10.0 Å². The molecule has 4 aromatic rings. The van der Waals surface area contributed by atoms with E-state index in [1.165, 1.54) is 19.0 Å². The summed E-state index contributed by atoms with van der Waals surface area (Å²) in [7, 11) is 1.93. The van der Waals surface area contributed by atoms with Crippen LogP contribution in [0.15, 0.2) is 36.5 Å². The molecule has 2 aromatic carbocycles. The van der Waals surface area contributed by atoms with Gasteiger partial charge in [0.25, 0.3) is 11.8 Å². The molecule has 2 aliphatic carbocycles. The number of fused-ring (bicyclic) bond motifs is 2. The molecular formula is C31H34Cl2N8O2. The Morgan fingerprint density at radius 1 is 1.05 bits per heavy atom. The number of halogens is 2. The second-order valence-corrected chi connectivity index (χ2v) is 12.8. The van der Waals surface area contributed by atoms with Gasteiger partial charge in [-0.25, -0.2) is 4.98 Å². The number of carbonyl (C=O) groups excluding carboxylic acids is 2. The highest BCUT2D eigenvalue weighted by Crippen LogP contribution is 2.47. The van der Waals surface area contributed by atoms with Crippen LogP contribution < -0.4 is 20.9 Å². The van der Waals surface area contributed by atoms with E-state index in [0.29, 0.717) is 44.0 Å². The summed E-state index contributed by atoms with van der Waals surface area (Å²) in [6, 6.07) is 9.35. The third-order valence-electron chi connectivity index (χ3n) is 9.10. The van der Waals surface area contributed by atoms with Gasteiger partial charge in [0.05, 0.1) is 38.0 Å². The van der Waals surface area contributed by atoms with E-state index >= 15 is 0 Å². The molecule has 2 aromatic heterocycles. The molecular weight excluding hydrogens is 587 g/mol. The summed E-state index contributed by atoms with van der Waals surface area (Å²) in [6.45, 7) is 2.17. The Balaban J connectivity index is 1.18. The van der Waals surface area contributed by atoms with Gasteiger partial charge >= 0.3 is 0 Å². The lowest BCUT2D eigenvalue weighted by Gasteiger charge is -2.26. The van der Waals surface area contributed by atoms with Crippen molar-refractivity contribution in [3.63, 3.8) is 0 Å². The molecule has 1 aliphatic heterocycles. The van der Waals surface area contributed by atoms with Crippen LogP contribution in [0, 0.1) is 11.8 Å². The first-order valence-corrected chi connectivity index (χ1v) is 15.7. The summed E-state index contributed by atoms with van der Waals surface area (Å²) in [5, 5.41) is 16.7. The number of aromatic amines is 1. The molecule has 0 spiro atoms. The van der Waals surface area contributed by atoms with Crippen molar-refractivity contribution in [2.45, 2.75) is 51.1 Å². The summed E-state index contributed by atoms with van der Waals surface area (Å²) in [6.07, 6.45) is 8.42. The van der Waals surface area contributed by atoms with E-state index < -0.39 is 0 Å². The first-order chi connectivity index (χ1) is 20.9. The van der Waals surface area contributed by atoms with Crippen molar-refractivity contribution in [2.24, 2.45) is 18.9 Å². The van der Waals surface area contributed by atoms with Gasteiger partial charge in [-0.1, -0.05) is 48.5 Å². The number of imidazole rings is 1. The van der Waals surface area contributed by atoms with E-state index in [9.17, 15) is 9.59 Å². The lowest BCUT2D eigenvalue weighted by Crippen LogP contribution is -2.37. The van der Waals surface area contributed by atoms with E-state index in [-0.39, 0.29) is 24.4 Å². The molecule has 2 unspecified atom stereocenters. The Morgan fingerprint density at radius 2 is 1.84 bits per heavy atom. The fourth-order valence-corrected chi connectivity index (χ4v) is 7.03. The summed E-state index contributed by atoms with van der Waals surface area (Å²) in [4.78, 5) is 33.3. The maximum atomic E-state index is 13.7. The van der Waals surface area contributed by atoms with Crippen molar-refractivity contribution >= 4 is 63.4 Å². The molecule has 0 radical (unpaired) electrons. The van der Waals surface area contributed by atoms with Crippen LogP contribution in [-0.2, 0) is 13.6 Å². The summed E-state index contributed by atoms with van der Waals surface area (Å²) >= 11 is 13.4. The van der Waals surface area contributed by atoms with Crippen molar-refractivity contribution in [2.75, 3.05) is 23.3 Å². The second-order valence-electron chi connectivity index (χ2n) is 12.0. The number of nitrogens with zero attached hydrogens (tertiary/aromatic N) is 4. The lowest BCUT2D eigenvalue weighted by molar-refractivity contribution is 0.0925. The van der Waals surface area contributed by atoms with Gasteiger partial charge in [0.1, 0.15) is 5.69 Å². The SMILES string of the molecule is Cn1c(Nc2c(Cl)ccc(CNC(=O)c3ccn[nH]3)c2Cl)nc2cc(C(=O)NC3CCCCC3)c(N3CC4CC4C3)cc21. The fourth-order valence-electron chi connectivity index (χ4n) is 6.50. The number of hydrogen-bond donors (Lipinski definition) is 4. The standard InChI is InChI=1S/C31H34Cl2N8O2/c1-40-26-13-25(41-15-18-11-19(18)16-41)21(29(42)36-20-5-3-2-4-6-20)12-24(26)37-31(40)38-28-22(32)8-7-17(27(28)33)14-34-30(43)23-9-10-35-39-23/h7-10,12-13,18-20H,2-6,11,14-16H2,1H3,(H,34,43)(H,35,39)(H,36,42)(H,37,38). The van der Waals surface area contributed by atoms with E-state index in [1.54, 1.807) is 18.2 Å². The number of carbonyl (C=O) groups is 2. The topological polar surface area (TPSA) is 120 Å². The minimum atomic E-state index is -0.289. The monoisotopic (exact) mass is 620 g/mol. The number of aromatic nitrogens is 4. The quantitative estimate of drug-likeness (QED) is 0.198. The Hall–Kier alpha value is -3.76. The van der Waals surface area contributed by atoms with Gasteiger partial charge < -0.3 is 25.4 Å². The highest BCUT2D eigenvalue weighted by Gasteiger charge is 2.45. The summed E-state index contributed by atoms with van der Waals surface area (Å²) in [5.41, 5.74) is 4.80. The highest BCUT2D eigenvalue weighted by molar-refractivity contribution is 6.39. The van der Waals surface area contributed by atoms with Gasteiger partial charge in [-0.3, -0.25) is 14.7 Å². The first kappa shape index (κ1) is 28.0. The maximum Gasteiger partial charge on any atom is 0.269 e. The Bertz CT molecular complexity index is 1690. The van der Waals surface area contributed by atoms with Gasteiger partial charge in [-0.05, 0) is 60.9 Å². The summed E-state index contributed by atoms with van der Waals surface area (Å²) < 4.78 is 1.96. The molecule has 3 heterocycles. The van der Waals surface area contributed by atoms with Crippen LogP contribution in [0.5, 0.6) is 0 Å². The third kappa shape index (κ3) is 5.54. The van der Waals surface area contributed by atoms with Crippen LogP contribution in [0.25, 0.3) is 11.0 Å². The largest absolute Gasteiger partial charge is 0.370 e. The predicted octanol–water partition coefficient (Wildman–Crippen LogP) is 5.80. The molecule has 4 N–H and O–H groups in total. The van der Waals surface area contributed by atoms with Gasteiger partial charge in [0.15, 0.2) is 0 Å². The Labute approximate surface area is 259 Å². The maximum absolute atomic E-state index is 13.7. The third-order valence-corrected chi connectivity index (χ3v) is 9.84. The minimum absolute atomic E-state index is 0.0273. The lowest BCUT2D eigenvalue weighted by atomic mass is 9.95. The fraction of sp³-hybridized carbons (Fsp3) is 0.419. The number of rotatable bonds is 8. The molecule has 2 saturated carbocycles. The van der Waals surface area contributed by atoms with Crippen LogP contribution in [-0.4, -0.2) is 50.7 Å². The van der Waals surface area contributed by atoms with Gasteiger partial charge in [0, 0.05) is 38.9 Å². The molecule has 224 valence electrons. The zero-order valence-electron chi connectivity index (χ0n) is 23.9. The predicted molar refractivity (Wildman–Crippen MR) is 168 cm³/mol. The molecule has 1 saturated heterocycles. The van der Waals surface area contributed by atoms with Gasteiger partial charge in [-0.15, -0.1) is 0 Å². The summed E-state index contributed by atoms with van der Waals surface area (Å²) in [5.74, 6) is 1.69. The van der Waals surface area contributed by atoms with Crippen molar-refractivity contribution in [3.05, 3.63) is 63.4 Å². The van der Waals surface area contributed by atoms with Crippen LogP contribution in [0.4, 0.5) is 17.3 Å². The molecule has 7 rings (SSSR count). The smallest absolute Gasteiger partial charge is 0.269 e. The van der Waals surface area contributed by atoms with Crippen molar-refractivity contribution in [1.29, 1.82) is 0 Å². The van der Waals surface area contributed by atoms with Crippen molar-refractivity contribution < 1.29 is 9.59 Å². The molecule has 12 heteroatoms. The number of aryl methyl sites for hydroxylation is 1. The van der Waals surface area contributed by atoms with E-state index in [4.69, 9.17) is 28.2 Å². The van der Waals surface area contributed by atoms with Crippen LogP contribution in [0.3, 0.4) is 0 Å². The van der Waals surface area contributed by atoms with Crippen LogP contribution in [0.1, 0.15) is 64.9 Å². The number of benzene rings is 2. The van der Waals surface area contributed by atoms with Crippen LogP contribution >= 0.6 is 23.2 Å². The zero-order valence-corrected chi connectivity index (χ0v) is 25.4.